The van der Waals surface area contributed by atoms with Crippen molar-refractivity contribution in [3.63, 3.8) is 0 Å². The largest absolute Gasteiger partial charge is 0.343 e. The highest BCUT2D eigenvalue weighted by atomic mass is 16.2. The van der Waals surface area contributed by atoms with Crippen LogP contribution in [0.2, 0.25) is 0 Å². The van der Waals surface area contributed by atoms with E-state index in [1.165, 1.54) is 0 Å². The number of hydrogen-bond acceptors (Lipinski definition) is 3. The fraction of sp³-hybridized carbons (Fsp3) is 0.750. The third kappa shape index (κ3) is 5.05. The molecule has 0 rings (SSSR count). The van der Waals surface area contributed by atoms with E-state index in [4.69, 9.17) is 5.84 Å². The van der Waals surface area contributed by atoms with Crippen molar-refractivity contribution in [2.75, 3.05) is 6.54 Å². The summed E-state index contributed by atoms with van der Waals surface area (Å²) in [5.74, 6) is 4.75. The average Bonchev–Trinajstić information content (AvgIpc) is 1.89. The zero-order valence-corrected chi connectivity index (χ0v) is 5.40. The number of urea groups is 1. The smallest absolute Gasteiger partial charge is 0.275 e. The van der Waals surface area contributed by atoms with Crippen molar-refractivity contribution in [2.24, 2.45) is 5.84 Å². The third-order valence-electron chi connectivity index (χ3n) is 0.708. The second kappa shape index (κ2) is 5.33. The molecule has 0 fully saturated rings. The molecule has 0 aliphatic carbocycles. The highest BCUT2D eigenvalue weighted by Gasteiger charge is 1.90. The lowest BCUT2D eigenvalue weighted by molar-refractivity contribution is 0.236. The van der Waals surface area contributed by atoms with Crippen LogP contribution in [-0.2, 0) is 0 Å². The van der Waals surface area contributed by atoms with Crippen LogP contribution in [0.15, 0.2) is 0 Å². The Morgan fingerprint density at radius 1 is 1.67 bits per heavy atom. The standard InChI is InChI=1S/C4H12N4O/c1-2-3-6-8-4(9)7-5/h6H,2-3,5H2,1H3,(H2,7,8,9). The van der Waals surface area contributed by atoms with Gasteiger partial charge in [0.05, 0.1) is 0 Å². The Morgan fingerprint density at radius 2 is 2.33 bits per heavy atom. The molecule has 5 nitrogen and oxygen atoms in total. The summed E-state index contributed by atoms with van der Waals surface area (Å²) in [5.41, 5.74) is 6.86. The van der Waals surface area contributed by atoms with Crippen LogP contribution >= 0.6 is 0 Å². The molecule has 0 aromatic carbocycles. The lowest BCUT2D eigenvalue weighted by atomic mass is 10.5. The lowest BCUT2D eigenvalue weighted by Crippen LogP contribution is -2.47. The van der Waals surface area contributed by atoms with Gasteiger partial charge in [0.2, 0.25) is 0 Å². The van der Waals surface area contributed by atoms with Gasteiger partial charge in [0.1, 0.15) is 0 Å². The normalized spacial score (nSPS) is 8.67. The number of nitrogens with one attached hydrogen (secondary N) is 3. The van der Waals surface area contributed by atoms with Crippen molar-refractivity contribution in [1.82, 2.24) is 16.3 Å². The maximum Gasteiger partial charge on any atom is 0.343 e. The van der Waals surface area contributed by atoms with E-state index in [2.05, 4.69) is 10.9 Å². The molecule has 9 heavy (non-hydrogen) atoms. The van der Waals surface area contributed by atoms with Crippen molar-refractivity contribution in [1.29, 1.82) is 0 Å². The lowest BCUT2D eigenvalue weighted by Gasteiger charge is -2.02. The fourth-order valence-electron chi connectivity index (χ4n) is 0.304. The first kappa shape index (κ1) is 8.19. The summed E-state index contributed by atoms with van der Waals surface area (Å²) in [6, 6.07) is -0.427. The molecule has 5 N–H and O–H groups in total. The van der Waals surface area contributed by atoms with Crippen molar-refractivity contribution in [2.45, 2.75) is 13.3 Å². The van der Waals surface area contributed by atoms with E-state index >= 15 is 0 Å². The molecule has 5 heteroatoms. The monoisotopic (exact) mass is 132 g/mol. The van der Waals surface area contributed by atoms with Gasteiger partial charge in [-0.2, -0.15) is 0 Å². The van der Waals surface area contributed by atoms with Crippen molar-refractivity contribution in [3.05, 3.63) is 0 Å². The van der Waals surface area contributed by atoms with Gasteiger partial charge in [0.15, 0.2) is 0 Å². The fourth-order valence-corrected chi connectivity index (χ4v) is 0.304. The third-order valence-corrected chi connectivity index (χ3v) is 0.708. The van der Waals surface area contributed by atoms with Gasteiger partial charge in [-0.3, -0.25) is 10.9 Å². The number of nitrogens with two attached hydrogens (primary N) is 1. The number of hydrazine groups is 2. The summed E-state index contributed by atoms with van der Waals surface area (Å²) in [7, 11) is 0. The number of carbonyl (C=O) groups is 1. The van der Waals surface area contributed by atoms with E-state index in [0.717, 1.165) is 13.0 Å². The van der Waals surface area contributed by atoms with Crippen LogP contribution in [0.3, 0.4) is 0 Å². The molecule has 0 radical (unpaired) electrons. The van der Waals surface area contributed by atoms with Crippen LogP contribution in [0.25, 0.3) is 0 Å². The molecule has 0 aromatic rings. The average molecular weight is 132 g/mol. The maximum absolute atomic E-state index is 10.3. The first-order chi connectivity index (χ1) is 4.31. The summed E-state index contributed by atoms with van der Waals surface area (Å²) < 4.78 is 0. The van der Waals surface area contributed by atoms with Crippen molar-refractivity contribution in [3.8, 4) is 0 Å². The molecule has 0 aromatic heterocycles. The summed E-state index contributed by atoms with van der Waals surface area (Å²) in [6.07, 6.45) is 0.963. The predicted molar refractivity (Wildman–Crippen MR) is 34.1 cm³/mol. The number of hydrogen-bond donors (Lipinski definition) is 4. The molecule has 0 aliphatic heterocycles. The van der Waals surface area contributed by atoms with E-state index in [1.807, 2.05) is 12.3 Å². The van der Waals surface area contributed by atoms with Crippen LogP contribution in [0.5, 0.6) is 0 Å². The zero-order valence-electron chi connectivity index (χ0n) is 5.40. The van der Waals surface area contributed by atoms with E-state index in [0.29, 0.717) is 0 Å². The van der Waals surface area contributed by atoms with E-state index < -0.39 is 6.03 Å². The number of rotatable bonds is 3. The van der Waals surface area contributed by atoms with Gasteiger partial charge < -0.3 is 0 Å². The van der Waals surface area contributed by atoms with Gasteiger partial charge in [-0.25, -0.2) is 16.1 Å². The van der Waals surface area contributed by atoms with E-state index in [-0.39, 0.29) is 0 Å². The van der Waals surface area contributed by atoms with Crippen LogP contribution in [-0.4, -0.2) is 12.6 Å². The molecule has 2 amide bonds. The Kier molecular flexibility index (Phi) is 4.85. The van der Waals surface area contributed by atoms with Crippen molar-refractivity contribution < 1.29 is 4.79 Å². The Labute approximate surface area is 53.9 Å². The molecule has 0 unspecified atom stereocenters. The van der Waals surface area contributed by atoms with E-state index in [1.54, 1.807) is 0 Å². The summed E-state index contributed by atoms with van der Waals surface area (Å²) >= 11 is 0. The Bertz CT molecular complexity index is 84.6. The number of carbonyl (C=O) groups excluding carboxylic acids is 1. The summed E-state index contributed by atoms with van der Waals surface area (Å²) in [5, 5.41) is 0. The molecule has 0 atom stereocenters. The van der Waals surface area contributed by atoms with Crippen molar-refractivity contribution >= 4 is 6.03 Å². The molecule has 0 aliphatic rings. The summed E-state index contributed by atoms with van der Waals surface area (Å²) in [6.45, 7) is 2.74. The van der Waals surface area contributed by atoms with Gasteiger partial charge >= 0.3 is 6.03 Å². The van der Waals surface area contributed by atoms with Gasteiger partial charge in [-0.1, -0.05) is 6.92 Å². The van der Waals surface area contributed by atoms with Crippen LogP contribution in [0.4, 0.5) is 4.79 Å². The minimum Gasteiger partial charge on any atom is -0.275 e. The highest BCUT2D eigenvalue weighted by molar-refractivity contribution is 5.72. The first-order valence-corrected chi connectivity index (χ1v) is 2.80. The predicted octanol–water partition coefficient (Wildman–Crippen LogP) is -0.926. The van der Waals surface area contributed by atoms with Crippen LogP contribution in [0, 0.1) is 0 Å². The number of amides is 2. The Hall–Kier alpha value is -0.810. The molecule has 0 bridgehead atoms. The Balaban J connectivity index is 2.97. The van der Waals surface area contributed by atoms with Gasteiger partial charge in [-0.05, 0) is 6.42 Å². The van der Waals surface area contributed by atoms with Gasteiger partial charge in [-0.15, -0.1) is 0 Å². The second-order valence-electron chi connectivity index (χ2n) is 1.53. The first-order valence-electron chi connectivity index (χ1n) is 2.80. The van der Waals surface area contributed by atoms with Gasteiger partial charge in [0, 0.05) is 6.54 Å². The maximum atomic E-state index is 10.3. The second-order valence-corrected chi connectivity index (χ2v) is 1.53. The SMILES string of the molecule is CCCNNC(=O)NN. The quantitative estimate of drug-likeness (QED) is 0.173. The minimum absolute atomic E-state index is 0.427. The molecule has 0 spiro atoms. The molecule has 0 saturated heterocycles. The molecular formula is C4H12N4O. The minimum atomic E-state index is -0.427. The zero-order chi connectivity index (χ0) is 7.11. The van der Waals surface area contributed by atoms with Gasteiger partial charge in [0.25, 0.3) is 0 Å². The van der Waals surface area contributed by atoms with E-state index in [9.17, 15) is 4.79 Å². The Morgan fingerprint density at radius 3 is 2.78 bits per heavy atom. The van der Waals surface area contributed by atoms with Crippen LogP contribution in [0.1, 0.15) is 13.3 Å². The molecular weight excluding hydrogens is 120 g/mol. The summed E-state index contributed by atoms with van der Waals surface area (Å²) in [4.78, 5) is 10.3. The topological polar surface area (TPSA) is 79.2 Å². The van der Waals surface area contributed by atoms with Crippen LogP contribution < -0.4 is 22.1 Å². The molecule has 0 heterocycles. The molecule has 54 valence electrons. The molecule has 0 saturated carbocycles. The highest BCUT2D eigenvalue weighted by Crippen LogP contribution is 1.64.